The van der Waals surface area contributed by atoms with Crippen LogP contribution in [0.1, 0.15) is 51.1 Å². The number of phenols is 1. The van der Waals surface area contributed by atoms with E-state index in [-0.39, 0.29) is 16.3 Å². The van der Waals surface area contributed by atoms with E-state index in [4.69, 9.17) is 24.5 Å². The highest BCUT2D eigenvalue weighted by atomic mass is 32.1. The Kier molecular flexibility index (Phi) is 15.7. The van der Waals surface area contributed by atoms with E-state index in [1.807, 2.05) is 6.07 Å². The van der Waals surface area contributed by atoms with Crippen molar-refractivity contribution in [3.8, 4) is 5.75 Å². The highest BCUT2D eigenvalue weighted by Crippen LogP contribution is 2.35. The molecule has 2 saturated heterocycles. The molecule has 1 amide bonds. The summed E-state index contributed by atoms with van der Waals surface area (Å²) < 4.78 is 109. The third-order valence-electron chi connectivity index (χ3n) is 9.03. The zero-order valence-corrected chi connectivity index (χ0v) is 32.4. The van der Waals surface area contributed by atoms with Gasteiger partial charge in [-0.3, -0.25) is 14.5 Å². The molecule has 4 heterocycles. The Morgan fingerprint density at radius 1 is 0.950 bits per heavy atom. The van der Waals surface area contributed by atoms with Gasteiger partial charge in [0, 0.05) is 43.7 Å². The molecule has 60 heavy (non-hydrogen) atoms. The van der Waals surface area contributed by atoms with Crippen LogP contribution in [0.3, 0.4) is 0 Å². The van der Waals surface area contributed by atoms with Gasteiger partial charge in [0.1, 0.15) is 17.0 Å². The fraction of sp³-hybridized carbons (Fsp3) is 0.457. The standard InChI is InChI=1S/C31H34F3N5O5S2.2C2HF3O2/c32-31(33,34)28-36-22(17-45-28)27(42)39-12-13-44-30(18-39)7-10-38(11-8-30)16-20-3-1-2-19(14-20)6-9-35-15-24(41)21-4-5-23(40)25-26(21)46-29(43)37-25;2*3-2(4,5)1(6)7/h1-5,14,17,24,35,40-41H,6-13,15-16,18H2,(H,37,43);2*(H,6,7)/t24-;;/m0../s1. The molecule has 0 aliphatic carbocycles. The molecule has 0 bridgehead atoms. The van der Waals surface area contributed by atoms with Crippen molar-refractivity contribution < 1.29 is 79.1 Å². The molecule has 6 N–H and O–H groups in total. The maximum atomic E-state index is 13.0. The number of ether oxygens (including phenoxy) is 1. The molecule has 2 aromatic heterocycles. The molecule has 2 aliphatic rings. The van der Waals surface area contributed by atoms with Gasteiger partial charge in [-0.2, -0.15) is 39.5 Å². The lowest BCUT2D eigenvalue weighted by molar-refractivity contribution is -0.193. The molecule has 4 aromatic rings. The summed E-state index contributed by atoms with van der Waals surface area (Å²) in [6.45, 7) is 4.21. The minimum atomic E-state index is -5.08. The van der Waals surface area contributed by atoms with Crippen LogP contribution < -0.4 is 10.2 Å². The van der Waals surface area contributed by atoms with E-state index in [1.165, 1.54) is 17.0 Å². The molecule has 0 radical (unpaired) electrons. The fourth-order valence-electron chi connectivity index (χ4n) is 6.13. The van der Waals surface area contributed by atoms with Gasteiger partial charge in [0.25, 0.3) is 5.91 Å². The first-order chi connectivity index (χ1) is 27.9. The summed E-state index contributed by atoms with van der Waals surface area (Å²) in [6.07, 6.45) is -13.4. The second-order valence-corrected chi connectivity index (χ2v) is 15.2. The number of hydrogen-bond donors (Lipinski definition) is 6. The first-order valence-corrected chi connectivity index (χ1v) is 19.2. The second kappa shape index (κ2) is 19.7. The highest BCUT2D eigenvalue weighted by molar-refractivity contribution is 7.16. The van der Waals surface area contributed by atoms with Crippen molar-refractivity contribution in [2.45, 2.75) is 56.0 Å². The van der Waals surface area contributed by atoms with E-state index in [0.29, 0.717) is 72.7 Å². The number of H-pyrrole nitrogens is 1. The van der Waals surface area contributed by atoms with Crippen molar-refractivity contribution in [3.63, 3.8) is 0 Å². The number of nitrogens with zero attached hydrogens (tertiary/aromatic N) is 3. The number of aromatic hydroxyl groups is 1. The van der Waals surface area contributed by atoms with E-state index < -0.39 is 53.1 Å². The van der Waals surface area contributed by atoms with Gasteiger partial charge in [-0.15, -0.1) is 11.3 Å². The Hall–Kier alpha value is -4.82. The number of carboxylic acid groups (broad SMARTS) is 2. The van der Waals surface area contributed by atoms with Gasteiger partial charge in [0.2, 0.25) is 0 Å². The normalized spacial score (nSPS) is 16.4. The molecular formula is C35H36F9N5O9S2. The van der Waals surface area contributed by atoms with Crippen LogP contribution in [0.25, 0.3) is 10.2 Å². The van der Waals surface area contributed by atoms with E-state index in [1.54, 1.807) is 11.0 Å². The zero-order valence-electron chi connectivity index (χ0n) is 30.8. The summed E-state index contributed by atoms with van der Waals surface area (Å²) in [5.74, 6) is -6.03. The van der Waals surface area contributed by atoms with Crippen LogP contribution in [0.15, 0.2) is 46.6 Å². The van der Waals surface area contributed by atoms with E-state index >= 15 is 0 Å². The molecule has 0 unspecified atom stereocenters. The Bertz CT molecular complexity index is 2140. The van der Waals surface area contributed by atoms with Crippen LogP contribution in [0, 0.1) is 0 Å². The van der Waals surface area contributed by atoms with Crippen molar-refractivity contribution >= 4 is 50.7 Å². The number of benzene rings is 2. The number of carbonyl (C=O) groups excluding carboxylic acids is 1. The zero-order chi connectivity index (χ0) is 44.6. The number of likely N-dealkylation sites (tertiary alicyclic amines) is 1. The van der Waals surface area contributed by atoms with Crippen LogP contribution in [-0.2, 0) is 33.5 Å². The van der Waals surface area contributed by atoms with Crippen molar-refractivity contribution in [2.24, 2.45) is 0 Å². The number of fused-ring (bicyclic) bond motifs is 1. The number of aromatic amines is 1. The number of aliphatic carboxylic acids is 2. The summed E-state index contributed by atoms with van der Waals surface area (Å²) in [7, 11) is 0. The Labute approximate surface area is 340 Å². The average Bonchev–Trinajstić information content (AvgIpc) is 3.83. The lowest BCUT2D eigenvalue weighted by Gasteiger charge is -2.47. The predicted octanol–water partition coefficient (Wildman–Crippen LogP) is 5.41. The maximum Gasteiger partial charge on any atom is 0.490 e. The third-order valence-corrected chi connectivity index (χ3v) is 10.8. The number of alkyl halides is 9. The van der Waals surface area contributed by atoms with Crippen molar-refractivity contribution in [1.29, 1.82) is 0 Å². The quantitative estimate of drug-likeness (QED) is 0.0922. The number of thiazole rings is 2. The molecule has 14 nitrogen and oxygen atoms in total. The smallest absolute Gasteiger partial charge is 0.490 e. The molecule has 2 aromatic carbocycles. The number of aromatic nitrogens is 2. The van der Waals surface area contributed by atoms with Gasteiger partial charge < -0.3 is 40.4 Å². The minimum absolute atomic E-state index is 0.0251. The lowest BCUT2D eigenvalue weighted by Crippen LogP contribution is -2.58. The molecule has 6 rings (SSSR count). The van der Waals surface area contributed by atoms with Gasteiger partial charge in [-0.1, -0.05) is 41.7 Å². The molecule has 0 saturated carbocycles. The number of carboxylic acids is 2. The van der Waals surface area contributed by atoms with Crippen molar-refractivity contribution in [1.82, 2.24) is 25.1 Å². The largest absolute Gasteiger partial charge is 0.506 e. The van der Waals surface area contributed by atoms with Crippen molar-refractivity contribution in [3.05, 3.63) is 78.8 Å². The Morgan fingerprint density at radius 2 is 1.57 bits per heavy atom. The van der Waals surface area contributed by atoms with Crippen LogP contribution in [0.5, 0.6) is 5.75 Å². The van der Waals surface area contributed by atoms with Crippen LogP contribution in [-0.4, -0.2) is 122 Å². The third kappa shape index (κ3) is 13.3. The molecule has 330 valence electrons. The van der Waals surface area contributed by atoms with Crippen LogP contribution in [0.4, 0.5) is 39.5 Å². The molecule has 1 spiro atoms. The van der Waals surface area contributed by atoms with Crippen molar-refractivity contribution in [2.75, 3.05) is 45.9 Å². The SMILES string of the molecule is O=C(O)C(F)(F)F.O=C(O)C(F)(F)F.O=C(c1csc(C(F)(F)F)n1)N1CCOC2(CCN(Cc3cccc(CCNC[C@H](O)c4ccc(O)c5[nH]c(=O)sc45)c3)CC2)C1. The molecular weight excluding hydrogens is 870 g/mol. The van der Waals surface area contributed by atoms with Gasteiger partial charge in [0.15, 0.2) is 5.01 Å². The number of halogens is 9. The van der Waals surface area contributed by atoms with Gasteiger partial charge >= 0.3 is 35.3 Å². The monoisotopic (exact) mass is 905 g/mol. The Balaban J connectivity index is 0.000000488. The van der Waals surface area contributed by atoms with Gasteiger partial charge in [-0.05, 0) is 43.0 Å². The number of morpholine rings is 1. The van der Waals surface area contributed by atoms with Crippen LogP contribution >= 0.6 is 22.7 Å². The second-order valence-electron chi connectivity index (χ2n) is 13.4. The van der Waals surface area contributed by atoms with E-state index in [2.05, 4.69) is 38.4 Å². The van der Waals surface area contributed by atoms with E-state index in [9.17, 15) is 59.3 Å². The molecule has 1 atom stereocenters. The number of carbonyl (C=O) groups is 3. The fourth-order valence-corrected chi connectivity index (χ4v) is 7.71. The number of nitrogens with one attached hydrogen (secondary N) is 2. The molecule has 2 aliphatic heterocycles. The summed E-state index contributed by atoms with van der Waals surface area (Å²) >= 11 is 1.40. The first-order valence-electron chi connectivity index (χ1n) is 17.5. The van der Waals surface area contributed by atoms with Gasteiger partial charge in [0.05, 0.1) is 29.6 Å². The first kappa shape index (κ1) is 47.9. The minimum Gasteiger partial charge on any atom is -0.506 e. The number of aliphatic hydroxyl groups excluding tert-OH is 1. The number of piperidine rings is 1. The van der Waals surface area contributed by atoms with Crippen LogP contribution in [0.2, 0.25) is 0 Å². The molecule has 2 fully saturated rings. The highest BCUT2D eigenvalue weighted by Gasteiger charge is 2.43. The number of aliphatic hydroxyl groups is 1. The predicted molar refractivity (Wildman–Crippen MR) is 196 cm³/mol. The van der Waals surface area contributed by atoms with Gasteiger partial charge in [-0.25, -0.2) is 14.6 Å². The lowest BCUT2D eigenvalue weighted by atomic mass is 9.89. The van der Waals surface area contributed by atoms with E-state index in [0.717, 1.165) is 43.0 Å². The number of hydrogen-bond acceptors (Lipinski definition) is 12. The number of phenolic OH excluding ortho intramolecular Hbond substituents is 1. The number of amides is 1. The maximum absolute atomic E-state index is 13.0. The topological polar surface area (TPSA) is 206 Å². The molecule has 25 heteroatoms. The Morgan fingerprint density at radius 3 is 2.15 bits per heavy atom. The average molecular weight is 906 g/mol. The summed E-state index contributed by atoms with van der Waals surface area (Å²) in [4.78, 5) is 52.3. The summed E-state index contributed by atoms with van der Waals surface area (Å²) in [6, 6.07) is 11.5. The number of rotatable bonds is 9. The summed E-state index contributed by atoms with van der Waals surface area (Å²) in [5.41, 5.74) is 2.57. The summed E-state index contributed by atoms with van der Waals surface area (Å²) in [5, 5.41) is 38.4.